The van der Waals surface area contributed by atoms with Gasteiger partial charge in [0.2, 0.25) is 0 Å². The molecule has 1 unspecified atom stereocenters. The smallest absolute Gasteiger partial charge is 0.306 e. The standard InChI is InChI=1S/C48H86NO11P/c1-6-8-10-11-12-13-14-15-16-17-18-19-20-21-22-23-28-32-47(53)57-39-42(40-59-61(55,56)58-37-36-49(3,4)5)60-48(54)33-29-25-24-27-31-43-44(46(52)38-45(43)51)35-34-41(50)30-26-9-7-2/h15-16,18-19,21-22,34-35,41-46,50-52H,6-14,17,20,23-33,36-40H2,1-5H3/b16-15-,19-18-,22-21-,35-34+/t41-,42+,43+,44+,45-,46+/m0/s1. The number of quaternary nitrogens is 1. The van der Waals surface area contributed by atoms with E-state index in [1.807, 2.05) is 33.3 Å². The number of ether oxygens (including phenoxy) is 2. The fourth-order valence-corrected chi connectivity index (χ4v) is 7.91. The lowest BCUT2D eigenvalue weighted by Gasteiger charge is -2.28. The zero-order valence-corrected chi connectivity index (χ0v) is 39.6. The molecule has 1 fully saturated rings. The van der Waals surface area contributed by atoms with Crippen LogP contribution in [0.1, 0.15) is 162 Å². The molecule has 3 N–H and O–H groups in total. The molecule has 1 saturated carbocycles. The van der Waals surface area contributed by atoms with E-state index in [1.54, 1.807) is 6.08 Å². The number of carbonyl (C=O) groups is 2. The molecular weight excluding hydrogens is 797 g/mol. The third-order valence-electron chi connectivity index (χ3n) is 10.9. The summed E-state index contributed by atoms with van der Waals surface area (Å²) >= 11 is 0. The second-order valence-electron chi connectivity index (χ2n) is 17.7. The molecule has 0 aliphatic heterocycles. The number of hydrogen-bond donors (Lipinski definition) is 3. The Kier molecular flexibility index (Phi) is 32.8. The van der Waals surface area contributed by atoms with Crippen LogP contribution in [-0.2, 0) is 32.7 Å². The lowest BCUT2D eigenvalue weighted by atomic mass is 9.88. The molecule has 0 bridgehead atoms. The van der Waals surface area contributed by atoms with E-state index in [2.05, 4.69) is 44.2 Å². The average Bonchev–Trinajstić information content (AvgIpc) is 3.47. The largest absolute Gasteiger partial charge is 0.756 e. The number of allylic oxidation sites excluding steroid dienone is 6. The third-order valence-corrected chi connectivity index (χ3v) is 11.9. The predicted octanol–water partition coefficient (Wildman–Crippen LogP) is 9.21. The van der Waals surface area contributed by atoms with Gasteiger partial charge in [-0.2, -0.15) is 0 Å². The van der Waals surface area contributed by atoms with Gasteiger partial charge in [-0.05, 0) is 63.7 Å². The minimum absolute atomic E-state index is 0.0783. The minimum Gasteiger partial charge on any atom is -0.756 e. The lowest BCUT2D eigenvalue weighted by molar-refractivity contribution is -0.870. The van der Waals surface area contributed by atoms with Gasteiger partial charge in [0.05, 0.1) is 46.1 Å². The number of aliphatic hydroxyl groups excluding tert-OH is 3. The first-order chi connectivity index (χ1) is 29.2. The zero-order chi connectivity index (χ0) is 45.2. The zero-order valence-electron chi connectivity index (χ0n) is 38.7. The Morgan fingerprint density at radius 2 is 1.33 bits per heavy atom. The van der Waals surface area contributed by atoms with E-state index in [0.717, 1.165) is 57.8 Å². The Labute approximate surface area is 370 Å². The van der Waals surface area contributed by atoms with E-state index in [0.29, 0.717) is 49.6 Å². The van der Waals surface area contributed by atoms with Gasteiger partial charge in [0.1, 0.15) is 19.8 Å². The number of phosphoric acid groups is 1. The van der Waals surface area contributed by atoms with Crippen molar-refractivity contribution in [2.24, 2.45) is 11.8 Å². The highest BCUT2D eigenvalue weighted by Crippen LogP contribution is 2.39. The normalized spacial score (nSPS) is 20.6. The van der Waals surface area contributed by atoms with Gasteiger partial charge in [0.25, 0.3) is 7.82 Å². The number of phosphoric ester groups is 1. The highest BCUT2D eigenvalue weighted by molar-refractivity contribution is 7.45. The van der Waals surface area contributed by atoms with Crippen LogP contribution in [-0.4, -0.2) is 104 Å². The molecule has 61 heavy (non-hydrogen) atoms. The second-order valence-corrected chi connectivity index (χ2v) is 19.1. The molecule has 1 aliphatic rings. The Hall–Kier alpha value is -2.15. The van der Waals surface area contributed by atoms with E-state index >= 15 is 0 Å². The van der Waals surface area contributed by atoms with Crippen molar-refractivity contribution in [3.8, 4) is 0 Å². The van der Waals surface area contributed by atoms with Crippen LogP contribution in [0.4, 0.5) is 0 Å². The van der Waals surface area contributed by atoms with Crippen LogP contribution >= 0.6 is 7.82 Å². The number of carbonyl (C=O) groups excluding carboxylic acids is 2. The molecule has 13 heteroatoms. The molecule has 1 rings (SSSR count). The number of hydrogen-bond acceptors (Lipinski definition) is 11. The van der Waals surface area contributed by atoms with Gasteiger partial charge in [-0.15, -0.1) is 0 Å². The summed E-state index contributed by atoms with van der Waals surface area (Å²) in [7, 11) is 1.00. The van der Waals surface area contributed by atoms with Crippen LogP contribution in [0.5, 0.6) is 0 Å². The van der Waals surface area contributed by atoms with Crippen LogP contribution < -0.4 is 4.89 Å². The number of likely N-dealkylation sites (N-methyl/N-ethyl adjacent to an activating group) is 1. The first kappa shape index (κ1) is 56.9. The average molecular weight is 884 g/mol. The summed E-state index contributed by atoms with van der Waals surface area (Å²) in [4.78, 5) is 37.8. The predicted molar refractivity (Wildman–Crippen MR) is 242 cm³/mol. The van der Waals surface area contributed by atoms with Gasteiger partial charge in [-0.25, -0.2) is 0 Å². The molecule has 0 saturated heterocycles. The topological polar surface area (TPSA) is 172 Å². The van der Waals surface area contributed by atoms with Crippen molar-refractivity contribution in [1.82, 2.24) is 0 Å². The van der Waals surface area contributed by atoms with Crippen molar-refractivity contribution in [2.75, 3.05) is 47.5 Å². The Balaban J connectivity index is 2.49. The Morgan fingerprint density at radius 1 is 0.738 bits per heavy atom. The minimum atomic E-state index is -4.70. The van der Waals surface area contributed by atoms with Gasteiger partial charge >= 0.3 is 11.9 Å². The Morgan fingerprint density at radius 3 is 2.02 bits per heavy atom. The van der Waals surface area contributed by atoms with Crippen LogP contribution in [0, 0.1) is 11.8 Å². The fourth-order valence-electron chi connectivity index (χ4n) is 7.18. The van der Waals surface area contributed by atoms with Crippen molar-refractivity contribution in [1.29, 1.82) is 0 Å². The SMILES string of the molecule is CCCCCCCC/C=C\C/C=C\C/C=C\CCCC(=O)OC[C@H](COP(=O)([O-])OCC[N+](C)(C)C)OC(=O)CCCCCC[C@@H]1[C@@H](/C=C/[C@@H](O)CCCCC)[C@H](O)C[C@@H]1O. The maximum atomic E-state index is 12.8. The van der Waals surface area contributed by atoms with Crippen molar-refractivity contribution in [3.63, 3.8) is 0 Å². The summed E-state index contributed by atoms with van der Waals surface area (Å²) in [5.74, 6) is -1.35. The van der Waals surface area contributed by atoms with Crippen molar-refractivity contribution in [2.45, 2.75) is 186 Å². The summed E-state index contributed by atoms with van der Waals surface area (Å²) in [6, 6.07) is 0. The van der Waals surface area contributed by atoms with Gasteiger partial charge in [0, 0.05) is 25.2 Å². The molecule has 354 valence electrons. The van der Waals surface area contributed by atoms with E-state index in [-0.39, 0.29) is 37.9 Å². The monoisotopic (exact) mass is 884 g/mol. The molecular formula is C48H86NO11P. The van der Waals surface area contributed by atoms with E-state index in [1.165, 1.54) is 38.5 Å². The van der Waals surface area contributed by atoms with Gasteiger partial charge in [-0.1, -0.05) is 133 Å². The van der Waals surface area contributed by atoms with E-state index in [4.69, 9.17) is 18.5 Å². The lowest BCUT2D eigenvalue weighted by Crippen LogP contribution is -2.37. The first-order valence-electron chi connectivity index (χ1n) is 23.6. The third kappa shape index (κ3) is 32.2. The number of nitrogens with zero attached hydrogens (tertiary/aromatic N) is 1. The second kappa shape index (κ2) is 35.2. The van der Waals surface area contributed by atoms with Gasteiger partial charge in [-0.3, -0.25) is 14.2 Å². The fraction of sp³-hybridized carbons (Fsp3) is 0.792. The number of esters is 2. The molecule has 12 nitrogen and oxygen atoms in total. The first-order valence-corrected chi connectivity index (χ1v) is 25.1. The maximum absolute atomic E-state index is 12.8. The summed E-state index contributed by atoms with van der Waals surface area (Å²) in [6.45, 7) is 3.81. The summed E-state index contributed by atoms with van der Waals surface area (Å²) in [5, 5.41) is 31.5. The summed E-state index contributed by atoms with van der Waals surface area (Å²) < 4.78 is 33.9. The highest BCUT2D eigenvalue weighted by Gasteiger charge is 2.39. The van der Waals surface area contributed by atoms with Crippen LogP contribution in [0.2, 0.25) is 0 Å². The molecule has 7 atom stereocenters. The number of aliphatic hydroxyl groups is 3. The summed E-state index contributed by atoms with van der Waals surface area (Å²) in [6.07, 6.45) is 33.5. The molecule has 0 aromatic rings. The van der Waals surface area contributed by atoms with Crippen LogP contribution in [0.15, 0.2) is 48.6 Å². The molecule has 0 spiro atoms. The van der Waals surface area contributed by atoms with E-state index in [9.17, 15) is 34.4 Å². The van der Waals surface area contributed by atoms with Crippen LogP contribution in [0.3, 0.4) is 0 Å². The maximum Gasteiger partial charge on any atom is 0.306 e. The van der Waals surface area contributed by atoms with Gasteiger partial charge in [0.15, 0.2) is 6.10 Å². The van der Waals surface area contributed by atoms with Crippen molar-refractivity contribution in [3.05, 3.63) is 48.6 Å². The molecule has 0 radical (unpaired) electrons. The quantitative estimate of drug-likeness (QED) is 0.0178. The Bertz CT molecular complexity index is 1300. The van der Waals surface area contributed by atoms with Crippen LogP contribution in [0.25, 0.3) is 0 Å². The molecule has 0 heterocycles. The van der Waals surface area contributed by atoms with E-state index < -0.39 is 50.8 Å². The van der Waals surface area contributed by atoms with Gasteiger partial charge < -0.3 is 43.2 Å². The molecule has 0 amide bonds. The molecule has 0 aromatic carbocycles. The summed E-state index contributed by atoms with van der Waals surface area (Å²) in [5.41, 5.74) is 0. The molecule has 1 aliphatic carbocycles. The number of unbranched alkanes of at least 4 members (excludes halogenated alkanes) is 12. The van der Waals surface area contributed by atoms with Crippen molar-refractivity contribution < 1.29 is 57.4 Å². The van der Waals surface area contributed by atoms with Crippen molar-refractivity contribution >= 4 is 19.8 Å². The number of rotatable bonds is 38. The molecule has 0 aromatic heterocycles. The highest BCUT2D eigenvalue weighted by atomic mass is 31.2.